The Morgan fingerprint density at radius 1 is 1.08 bits per heavy atom. The van der Waals surface area contributed by atoms with E-state index in [0.717, 1.165) is 69.9 Å². The van der Waals surface area contributed by atoms with Crippen LogP contribution in [0, 0.1) is 12.8 Å². The van der Waals surface area contributed by atoms with Crippen molar-refractivity contribution in [2.75, 3.05) is 44.7 Å². The molecule has 0 radical (unpaired) electrons. The van der Waals surface area contributed by atoms with Crippen molar-refractivity contribution in [1.82, 2.24) is 19.8 Å². The van der Waals surface area contributed by atoms with Crippen LogP contribution in [-0.4, -0.2) is 71.0 Å². The van der Waals surface area contributed by atoms with Crippen LogP contribution in [0.5, 0.6) is 0 Å². The van der Waals surface area contributed by atoms with Crippen molar-refractivity contribution in [3.8, 4) is 0 Å². The van der Waals surface area contributed by atoms with E-state index in [4.69, 9.17) is 0 Å². The fourth-order valence-electron chi connectivity index (χ4n) is 4.86. The molecule has 3 aliphatic heterocycles. The average Bonchev–Trinajstić information content (AvgIpc) is 2.95. The molecular weight excluding hydrogens is 326 g/mol. The van der Waals surface area contributed by atoms with E-state index in [-0.39, 0.29) is 5.54 Å². The molecule has 1 aromatic heterocycles. The molecule has 1 amide bonds. The van der Waals surface area contributed by atoms with E-state index < -0.39 is 0 Å². The average molecular weight is 358 g/mol. The van der Waals surface area contributed by atoms with E-state index in [0.29, 0.717) is 11.8 Å². The Morgan fingerprint density at radius 2 is 1.73 bits per heavy atom. The maximum atomic E-state index is 12.7. The largest absolute Gasteiger partial charge is 0.341 e. The number of piperidine rings is 2. The standard InChI is InChI=1S/C20H31N5O/c1-16-13-21-19(22-14-16)24-11-7-20(8-12-24)6-3-18(26)25(20)15-17-4-9-23(2)10-5-17/h13-14,17H,3-12,15H2,1-2H3. The summed E-state index contributed by atoms with van der Waals surface area (Å²) in [5, 5.41) is 0. The summed E-state index contributed by atoms with van der Waals surface area (Å²) in [6.45, 7) is 7.20. The van der Waals surface area contributed by atoms with Crippen molar-refractivity contribution in [3.63, 3.8) is 0 Å². The van der Waals surface area contributed by atoms with Crippen LogP contribution in [0.1, 0.15) is 44.1 Å². The lowest BCUT2D eigenvalue weighted by Crippen LogP contribution is -2.55. The molecule has 0 bridgehead atoms. The summed E-state index contributed by atoms with van der Waals surface area (Å²) < 4.78 is 0. The van der Waals surface area contributed by atoms with Gasteiger partial charge in [-0.25, -0.2) is 9.97 Å². The molecule has 0 unspecified atom stereocenters. The van der Waals surface area contributed by atoms with Crippen LogP contribution in [0.25, 0.3) is 0 Å². The highest BCUT2D eigenvalue weighted by molar-refractivity contribution is 5.79. The van der Waals surface area contributed by atoms with Crippen LogP contribution in [-0.2, 0) is 4.79 Å². The summed E-state index contributed by atoms with van der Waals surface area (Å²) >= 11 is 0. The lowest BCUT2D eigenvalue weighted by molar-refractivity contribution is -0.132. The number of nitrogens with zero attached hydrogens (tertiary/aromatic N) is 5. The van der Waals surface area contributed by atoms with Gasteiger partial charge < -0.3 is 14.7 Å². The Balaban J connectivity index is 1.41. The van der Waals surface area contributed by atoms with Gasteiger partial charge in [0.2, 0.25) is 11.9 Å². The van der Waals surface area contributed by atoms with Crippen molar-refractivity contribution >= 4 is 11.9 Å². The Bertz CT molecular complexity index is 630. The molecule has 4 heterocycles. The van der Waals surface area contributed by atoms with Crippen molar-refractivity contribution in [1.29, 1.82) is 0 Å². The Labute approximate surface area is 156 Å². The van der Waals surface area contributed by atoms with Crippen molar-refractivity contribution < 1.29 is 4.79 Å². The number of hydrogen-bond acceptors (Lipinski definition) is 5. The van der Waals surface area contributed by atoms with Gasteiger partial charge in [-0.2, -0.15) is 0 Å². The number of aromatic nitrogens is 2. The molecule has 6 heteroatoms. The van der Waals surface area contributed by atoms with Crippen LogP contribution in [0.2, 0.25) is 0 Å². The highest BCUT2D eigenvalue weighted by Crippen LogP contribution is 2.40. The van der Waals surface area contributed by atoms with E-state index in [1.807, 2.05) is 19.3 Å². The van der Waals surface area contributed by atoms with Crippen LogP contribution in [0.4, 0.5) is 5.95 Å². The minimum Gasteiger partial charge on any atom is -0.341 e. The predicted molar refractivity (Wildman–Crippen MR) is 102 cm³/mol. The van der Waals surface area contributed by atoms with Crippen molar-refractivity contribution in [2.45, 2.75) is 51.0 Å². The number of amides is 1. The fraction of sp³-hybridized carbons (Fsp3) is 0.750. The fourth-order valence-corrected chi connectivity index (χ4v) is 4.86. The second kappa shape index (κ2) is 7.14. The van der Waals surface area contributed by atoms with Gasteiger partial charge in [0.1, 0.15) is 0 Å². The van der Waals surface area contributed by atoms with Gasteiger partial charge in [0.25, 0.3) is 0 Å². The van der Waals surface area contributed by atoms with Gasteiger partial charge in [0.15, 0.2) is 0 Å². The normalized spacial score (nSPS) is 24.6. The maximum Gasteiger partial charge on any atom is 0.225 e. The second-order valence-electron chi connectivity index (χ2n) is 8.52. The minimum atomic E-state index is 0.0849. The second-order valence-corrected chi connectivity index (χ2v) is 8.52. The molecule has 3 aliphatic rings. The molecule has 4 rings (SSSR count). The van der Waals surface area contributed by atoms with Gasteiger partial charge in [0, 0.05) is 44.0 Å². The molecule has 1 spiro atoms. The number of aryl methyl sites for hydroxylation is 1. The van der Waals surface area contributed by atoms with Crippen LogP contribution >= 0.6 is 0 Å². The molecule has 1 aromatic rings. The van der Waals surface area contributed by atoms with Crippen molar-refractivity contribution in [3.05, 3.63) is 18.0 Å². The van der Waals surface area contributed by atoms with Crippen LogP contribution < -0.4 is 4.90 Å². The lowest BCUT2D eigenvalue weighted by Gasteiger charge is -2.46. The van der Waals surface area contributed by atoms with E-state index >= 15 is 0 Å². The van der Waals surface area contributed by atoms with E-state index in [1.165, 1.54) is 12.8 Å². The summed E-state index contributed by atoms with van der Waals surface area (Å²) in [7, 11) is 2.20. The molecule has 3 saturated heterocycles. The summed E-state index contributed by atoms with van der Waals surface area (Å²) in [4.78, 5) is 28.6. The summed E-state index contributed by atoms with van der Waals surface area (Å²) in [6.07, 6.45) is 10.1. The van der Waals surface area contributed by atoms with Crippen LogP contribution in [0.15, 0.2) is 12.4 Å². The minimum absolute atomic E-state index is 0.0849. The molecular formula is C20H31N5O. The number of rotatable bonds is 3. The Morgan fingerprint density at radius 3 is 2.38 bits per heavy atom. The zero-order chi connectivity index (χ0) is 18.1. The van der Waals surface area contributed by atoms with Crippen molar-refractivity contribution in [2.24, 2.45) is 5.92 Å². The number of anilines is 1. The third-order valence-corrected chi connectivity index (χ3v) is 6.70. The molecule has 142 valence electrons. The number of likely N-dealkylation sites (tertiary alicyclic amines) is 2. The van der Waals surface area contributed by atoms with E-state index in [1.54, 1.807) is 0 Å². The number of carbonyl (C=O) groups is 1. The molecule has 0 aliphatic carbocycles. The van der Waals surface area contributed by atoms with Gasteiger partial charge in [-0.3, -0.25) is 4.79 Å². The van der Waals surface area contributed by atoms with Crippen LogP contribution in [0.3, 0.4) is 0 Å². The number of carbonyl (C=O) groups excluding carboxylic acids is 1. The molecule has 6 nitrogen and oxygen atoms in total. The zero-order valence-electron chi connectivity index (χ0n) is 16.2. The van der Waals surface area contributed by atoms with Gasteiger partial charge in [0.05, 0.1) is 0 Å². The lowest BCUT2D eigenvalue weighted by atomic mass is 9.84. The Kier molecular flexibility index (Phi) is 4.86. The molecule has 0 N–H and O–H groups in total. The first-order valence-corrected chi connectivity index (χ1v) is 10.1. The summed E-state index contributed by atoms with van der Waals surface area (Å²) in [5.41, 5.74) is 1.18. The van der Waals surface area contributed by atoms with E-state index in [2.05, 4.69) is 31.7 Å². The molecule has 26 heavy (non-hydrogen) atoms. The van der Waals surface area contributed by atoms with Gasteiger partial charge in [-0.15, -0.1) is 0 Å². The number of hydrogen-bond donors (Lipinski definition) is 0. The summed E-state index contributed by atoms with van der Waals surface area (Å²) in [5.74, 6) is 1.88. The molecule has 0 aromatic carbocycles. The summed E-state index contributed by atoms with van der Waals surface area (Å²) in [6, 6.07) is 0. The third kappa shape index (κ3) is 3.43. The van der Waals surface area contributed by atoms with Gasteiger partial charge >= 0.3 is 0 Å². The molecule has 0 saturated carbocycles. The highest BCUT2D eigenvalue weighted by atomic mass is 16.2. The predicted octanol–water partition coefficient (Wildman–Crippen LogP) is 2.09. The monoisotopic (exact) mass is 357 g/mol. The first kappa shape index (κ1) is 17.7. The maximum absolute atomic E-state index is 12.7. The smallest absolute Gasteiger partial charge is 0.225 e. The highest BCUT2D eigenvalue weighted by Gasteiger charge is 2.47. The first-order valence-electron chi connectivity index (χ1n) is 10.1. The van der Waals surface area contributed by atoms with Gasteiger partial charge in [-0.1, -0.05) is 0 Å². The SMILES string of the molecule is Cc1cnc(N2CCC3(CCC(=O)N3CC3CCN(C)CC3)CC2)nc1. The third-order valence-electron chi connectivity index (χ3n) is 6.70. The zero-order valence-corrected chi connectivity index (χ0v) is 16.2. The Hall–Kier alpha value is -1.69. The topological polar surface area (TPSA) is 52.6 Å². The van der Waals surface area contributed by atoms with E-state index in [9.17, 15) is 4.79 Å². The quantitative estimate of drug-likeness (QED) is 0.829. The van der Waals surface area contributed by atoms with Gasteiger partial charge in [-0.05, 0) is 70.6 Å². The first-order chi connectivity index (χ1) is 12.6. The molecule has 0 atom stereocenters. The molecule has 3 fully saturated rings.